The monoisotopic (exact) mass is 370 g/mol. The van der Waals surface area contributed by atoms with Gasteiger partial charge in [0.15, 0.2) is 0 Å². The van der Waals surface area contributed by atoms with E-state index in [0.717, 1.165) is 22.6 Å². The lowest BCUT2D eigenvalue weighted by Crippen LogP contribution is -2.12. The van der Waals surface area contributed by atoms with E-state index in [1.807, 2.05) is 26.8 Å². The molecule has 1 amide bonds. The van der Waals surface area contributed by atoms with Gasteiger partial charge in [0.1, 0.15) is 18.1 Å². The van der Waals surface area contributed by atoms with Gasteiger partial charge in [-0.05, 0) is 62.7 Å². The maximum atomic E-state index is 12.4. The zero-order valence-corrected chi connectivity index (χ0v) is 15.6. The third kappa shape index (κ3) is 3.89. The molecule has 1 N–H and O–H groups in total. The number of amides is 1. The standard InChI is InChI=1S/C20H19ClN2O3/c1-12-18(21)5-4-6-19(12)22-20(24)15-7-9-16(10-8-15)25-11-17-13(2)23-26-14(17)3/h4-10H,11H2,1-3H3,(H,22,24). The molecule has 0 saturated carbocycles. The van der Waals surface area contributed by atoms with E-state index in [4.69, 9.17) is 20.9 Å². The third-order valence-electron chi connectivity index (χ3n) is 4.20. The molecule has 0 aliphatic heterocycles. The van der Waals surface area contributed by atoms with Gasteiger partial charge in [-0.15, -0.1) is 0 Å². The SMILES string of the molecule is Cc1noc(C)c1COc1ccc(C(=O)Nc2cccc(Cl)c2C)cc1. The normalized spacial score (nSPS) is 10.6. The second-order valence-electron chi connectivity index (χ2n) is 5.98. The first-order valence-corrected chi connectivity index (χ1v) is 8.54. The van der Waals surface area contributed by atoms with Crippen molar-refractivity contribution in [2.45, 2.75) is 27.4 Å². The summed E-state index contributed by atoms with van der Waals surface area (Å²) in [5.74, 6) is 1.21. The number of rotatable bonds is 5. The Bertz CT molecular complexity index is 913. The fourth-order valence-corrected chi connectivity index (χ4v) is 2.68. The predicted octanol–water partition coefficient (Wildman–Crippen LogP) is 5.08. The number of aryl methyl sites for hydroxylation is 2. The van der Waals surface area contributed by atoms with E-state index >= 15 is 0 Å². The molecule has 0 radical (unpaired) electrons. The average Bonchev–Trinajstić information content (AvgIpc) is 2.95. The van der Waals surface area contributed by atoms with Gasteiger partial charge in [-0.2, -0.15) is 0 Å². The van der Waals surface area contributed by atoms with Crippen LogP contribution in [0.5, 0.6) is 5.75 Å². The molecule has 0 spiro atoms. The summed E-state index contributed by atoms with van der Waals surface area (Å²) in [4.78, 5) is 12.4. The molecule has 5 nitrogen and oxygen atoms in total. The number of hydrogen-bond acceptors (Lipinski definition) is 4. The van der Waals surface area contributed by atoms with Gasteiger partial charge in [-0.3, -0.25) is 4.79 Å². The van der Waals surface area contributed by atoms with Gasteiger partial charge in [0.2, 0.25) is 0 Å². The van der Waals surface area contributed by atoms with Gasteiger partial charge < -0.3 is 14.6 Å². The number of benzene rings is 2. The number of halogens is 1. The van der Waals surface area contributed by atoms with Gasteiger partial charge in [0.05, 0.1) is 11.3 Å². The Labute approximate surface area is 156 Å². The van der Waals surface area contributed by atoms with Crippen LogP contribution >= 0.6 is 11.6 Å². The molecule has 2 aromatic carbocycles. The van der Waals surface area contributed by atoms with Crippen molar-refractivity contribution in [1.82, 2.24) is 5.16 Å². The summed E-state index contributed by atoms with van der Waals surface area (Å²) in [6.07, 6.45) is 0. The van der Waals surface area contributed by atoms with Crippen molar-refractivity contribution < 1.29 is 14.1 Å². The van der Waals surface area contributed by atoms with Crippen LogP contribution in [0, 0.1) is 20.8 Å². The Morgan fingerprint density at radius 3 is 2.54 bits per heavy atom. The van der Waals surface area contributed by atoms with Gasteiger partial charge in [0.25, 0.3) is 5.91 Å². The number of nitrogens with zero attached hydrogens (tertiary/aromatic N) is 1. The topological polar surface area (TPSA) is 64.4 Å². The summed E-state index contributed by atoms with van der Waals surface area (Å²) in [6.45, 7) is 5.96. The second kappa shape index (κ2) is 7.62. The fraction of sp³-hybridized carbons (Fsp3) is 0.200. The minimum absolute atomic E-state index is 0.201. The minimum atomic E-state index is -0.201. The van der Waals surface area contributed by atoms with Crippen molar-refractivity contribution in [3.8, 4) is 5.75 Å². The summed E-state index contributed by atoms with van der Waals surface area (Å²) in [7, 11) is 0. The predicted molar refractivity (Wildman–Crippen MR) is 101 cm³/mol. The molecule has 3 aromatic rings. The minimum Gasteiger partial charge on any atom is -0.489 e. The van der Waals surface area contributed by atoms with Crippen molar-refractivity contribution >= 4 is 23.2 Å². The molecule has 1 aromatic heterocycles. The summed E-state index contributed by atoms with van der Waals surface area (Å²) < 4.78 is 10.9. The molecule has 0 unspecified atom stereocenters. The fourth-order valence-electron chi connectivity index (χ4n) is 2.50. The van der Waals surface area contributed by atoms with Gasteiger partial charge in [-0.1, -0.05) is 22.8 Å². The summed E-state index contributed by atoms with van der Waals surface area (Å²) in [6, 6.07) is 12.4. The highest BCUT2D eigenvalue weighted by Gasteiger charge is 2.11. The van der Waals surface area contributed by atoms with E-state index in [9.17, 15) is 4.79 Å². The molecule has 3 rings (SSSR count). The van der Waals surface area contributed by atoms with Crippen LogP contribution in [0.3, 0.4) is 0 Å². The highest BCUT2D eigenvalue weighted by Crippen LogP contribution is 2.24. The van der Waals surface area contributed by atoms with Crippen LogP contribution in [0.15, 0.2) is 47.0 Å². The van der Waals surface area contributed by atoms with E-state index in [1.54, 1.807) is 36.4 Å². The molecule has 1 heterocycles. The number of anilines is 1. The zero-order valence-electron chi connectivity index (χ0n) is 14.8. The molecule has 0 aliphatic rings. The number of carbonyl (C=O) groups is 1. The van der Waals surface area contributed by atoms with Crippen LogP contribution in [-0.2, 0) is 6.61 Å². The molecular formula is C20H19ClN2O3. The second-order valence-corrected chi connectivity index (χ2v) is 6.39. The molecule has 0 fully saturated rings. The van der Waals surface area contributed by atoms with Crippen LogP contribution in [0.2, 0.25) is 5.02 Å². The highest BCUT2D eigenvalue weighted by molar-refractivity contribution is 6.31. The quantitative estimate of drug-likeness (QED) is 0.679. The maximum absolute atomic E-state index is 12.4. The van der Waals surface area contributed by atoms with Crippen molar-refractivity contribution in [3.05, 3.63) is 75.6 Å². The summed E-state index contributed by atoms with van der Waals surface area (Å²) in [5, 5.41) is 7.39. The Balaban J connectivity index is 1.65. The Kier molecular flexibility index (Phi) is 5.28. The summed E-state index contributed by atoms with van der Waals surface area (Å²) >= 11 is 6.08. The number of carbonyl (C=O) groups excluding carboxylic acids is 1. The number of nitrogens with one attached hydrogen (secondary N) is 1. The lowest BCUT2D eigenvalue weighted by Gasteiger charge is -2.10. The van der Waals surface area contributed by atoms with E-state index in [-0.39, 0.29) is 5.91 Å². The molecule has 6 heteroatoms. The number of aromatic nitrogens is 1. The lowest BCUT2D eigenvalue weighted by atomic mass is 10.1. The van der Waals surface area contributed by atoms with Crippen molar-refractivity contribution in [2.24, 2.45) is 0 Å². The van der Waals surface area contributed by atoms with E-state index in [2.05, 4.69) is 10.5 Å². The molecular weight excluding hydrogens is 352 g/mol. The smallest absolute Gasteiger partial charge is 0.255 e. The Morgan fingerprint density at radius 1 is 1.15 bits per heavy atom. The van der Waals surface area contributed by atoms with Crippen LogP contribution in [0.4, 0.5) is 5.69 Å². The molecule has 26 heavy (non-hydrogen) atoms. The first kappa shape index (κ1) is 18.0. The van der Waals surface area contributed by atoms with Gasteiger partial charge in [0, 0.05) is 16.3 Å². The van der Waals surface area contributed by atoms with Crippen LogP contribution in [-0.4, -0.2) is 11.1 Å². The van der Waals surface area contributed by atoms with Crippen LogP contribution < -0.4 is 10.1 Å². The van der Waals surface area contributed by atoms with Crippen LogP contribution in [0.25, 0.3) is 0 Å². The maximum Gasteiger partial charge on any atom is 0.255 e. The van der Waals surface area contributed by atoms with E-state index < -0.39 is 0 Å². The zero-order chi connectivity index (χ0) is 18.7. The molecule has 0 bridgehead atoms. The lowest BCUT2D eigenvalue weighted by molar-refractivity contribution is 0.102. The Morgan fingerprint density at radius 2 is 1.88 bits per heavy atom. The molecule has 0 aliphatic carbocycles. The highest BCUT2D eigenvalue weighted by atomic mass is 35.5. The van der Waals surface area contributed by atoms with Crippen molar-refractivity contribution in [1.29, 1.82) is 0 Å². The first-order valence-electron chi connectivity index (χ1n) is 8.17. The number of hydrogen-bond donors (Lipinski definition) is 1. The first-order chi connectivity index (χ1) is 12.5. The van der Waals surface area contributed by atoms with Gasteiger partial charge >= 0.3 is 0 Å². The van der Waals surface area contributed by atoms with Crippen molar-refractivity contribution in [2.75, 3.05) is 5.32 Å². The molecule has 134 valence electrons. The average molecular weight is 371 g/mol. The largest absolute Gasteiger partial charge is 0.489 e. The number of ether oxygens (including phenoxy) is 1. The summed E-state index contributed by atoms with van der Waals surface area (Å²) in [5.41, 5.74) is 3.82. The van der Waals surface area contributed by atoms with E-state index in [0.29, 0.717) is 28.6 Å². The molecule has 0 atom stereocenters. The molecule has 0 saturated heterocycles. The Hall–Kier alpha value is -2.79. The van der Waals surface area contributed by atoms with Gasteiger partial charge in [-0.25, -0.2) is 0 Å². The van der Waals surface area contributed by atoms with E-state index in [1.165, 1.54) is 0 Å². The van der Waals surface area contributed by atoms with Crippen LogP contribution in [0.1, 0.15) is 32.9 Å². The van der Waals surface area contributed by atoms with Crippen molar-refractivity contribution in [3.63, 3.8) is 0 Å². The third-order valence-corrected chi connectivity index (χ3v) is 4.61.